The first-order valence-corrected chi connectivity index (χ1v) is 8.40. The first-order valence-electron chi connectivity index (χ1n) is 8.40. The molecule has 0 aromatic carbocycles. The molecular formula is C17H36O2. The summed E-state index contributed by atoms with van der Waals surface area (Å²) in [6, 6.07) is 0. The average molecular weight is 272 g/mol. The molecule has 0 unspecified atom stereocenters. The fourth-order valence-electron chi connectivity index (χ4n) is 1.91. The Bertz CT molecular complexity index is 155. The SMILES string of the molecule is CCC(=O)O.CCCCCCCCCCCCCC. The van der Waals surface area contributed by atoms with Gasteiger partial charge in [-0.3, -0.25) is 4.79 Å². The summed E-state index contributed by atoms with van der Waals surface area (Å²) in [5.41, 5.74) is 0. The number of rotatable bonds is 12. The van der Waals surface area contributed by atoms with Crippen LogP contribution in [0.5, 0.6) is 0 Å². The minimum Gasteiger partial charge on any atom is -0.481 e. The predicted octanol–water partition coefficient (Wildman–Crippen LogP) is 6.19. The summed E-state index contributed by atoms with van der Waals surface area (Å²) in [5.74, 6) is -0.745. The Morgan fingerprint density at radius 2 is 0.842 bits per heavy atom. The van der Waals surface area contributed by atoms with Crippen LogP contribution in [0, 0.1) is 0 Å². The van der Waals surface area contributed by atoms with Gasteiger partial charge in [-0.15, -0.1) is 0 Å². The van der Waals surface area contributed by atoms with E-state index >= 15 is 0 Å². The van der Waals surface area contributed by atoms with E-state index in [9.17, 15) is 4.79 Å². The first kappa shape index (κ1) is 20.8. The molecule has 0 aliphatic carbocycles. The number of hydrogen-bond donors (Lipinski definition) is 1. The van der Waals surface area contributed by atoms with Crippen LogP contribution in [0.25, 0.3) is 0 Å². The van der Waals surface area contributed by atoms with Crippen LogP contribution in [-0.4, -0.2) is 11.1 Å². The van der Waals surface area contributed by atoms with Gasteiger partial charge in [-0.05, 0) is 0 Å². The highest BCUT2D eigenvalue weighted by molar-refractivity contribution is 5.66. The molecular weight excluding hydrogens is 236 g/mol. The van der Waals surface area contributed by atoms with Crippen molar-refractivity contribution in [3.05, 3.63) is 0 Å². The third kappa shape index (κ3) is 26.9. The normalized spacial score (nSPS) is 9.84. The van der Waals surface area contributed by atoms with Gasteiger partial charge in [0.25, 0.3) is 0 Å². The van der Waals surface area contributed by atoms with Crippen molar-refractivity contribution in [1.29, 1.82) is 0 Å². The van der Waals surface area contributed by atoms with Gasteiger partial charge in [-0.2, -0.15) is 0 Å². The van der Waals surface area contributed by atoms with E-state index < -0.39 is 5.97 Å². The summed E-state index contributed by atoms with van der Waals surface area (Å²) < 4.78 is 0. The van der Waals surface area contributed by atoms with Crippen molar-refractivity contribution in [2.24, 2.45) is 0 Å². The number of carboxylic acids is 1. The summed E-state index contributed by atoms with van der Waals surface area (Å²) in [5, 5.41) is 7.72. The number of hydrogen-bond acceptors (Lipinski definition) is 1. The molecule has 0 rings (SSSR count). The fourth-order valence-corrected chi connectivity index (χ4v) is 1.91. The maximum atomic E-state index is 9.37. The minimum atomic E-state index is -0.745. The van der Waals surface area contributed by atoms with Crippen LogP contribution < -0.4 is 0 Å². The Labute approximate surface area is 121 Å². The fraction of sp³-hybridized carbons (Fsp3) is 0.941. The van der Waals surface area contributed by atoms with E-state index in [0.29, 0.717) is 0 Å². The highest BCUT2D eigenvalue weighted by atomic mass is 16.4. The zero-order valence-electron chi connectivity index (χ0n) is 13.5. The van der Waals surface area contributed by atoms with Gasteiger partial charge in [0.2, 0.25) is 0 Å². The quantitative estimate of drug-likeness (QED) is 0.430. The van der Waals surface area contributed by atoms with Crippen LogP contribution in [0.2, 0.25) is 0 Å². The van der Waals surface area contributed by atoms with E-state index in [4.69, 9.17) is 5.11 Å². The third-order valence-electron chi connectivity index (χ3n) is 3.26. The highest BCUT2D eigenvalue weighted by Crippen LogP contribution is 2.11. The monoisotopic (exact) mass is 272 g/mol. The summed E-state index contributed by atoms with van der Waals surface area (Å²) in [4.78, 5) is 9.37. The Kier molecular flexibility index (Phi) is 21.7. The number of aliphatic carboxylic acids is 1. The van der Waals surface area contributed by atoms with Crippen molar-refractivity contribution in [2.45, 2.75) is 104 Å². The summed E-state index contributed by atoms with van der Waals surface area (Å²) in [6.45, 7) is 6.17. The molecule has 0 atom stereocenters. The second-order valence-electron chi connectivity index (χ2n) is 5.28. The Hall–Kier alpha value is -0.530. The zero-order chi connectivity index (χ0) is 14.8. The second kappa shape index (κ2) is 19.8. The molecule has 116 valence electrons. The van der Waals surface area contributed by atoms with E-state index in [1.54, 1.807) is 6.92 Å². The smallest absolute Gasteiger partial charge is 0.303 e. The van der Waals surface area contributed by atoms with Crippen LogP contribution in [0.3, 0.4) is 0 Å². The first-order chi connectivity index (χ1) is 9.18. The second-order valence-corrected chi connectivity index (χ2v) is 5.28. The lowest BCUT2D eigenvalue weighted by atomic mass is 10.1. The molecule has 0 amide bonds. The lowest BCUT2D eigenvalue weighted by Gasteiger charge is -2.01. The van der Waals surface area contributed by atoms with Crippen molar-refractivity contribution in [2.75, 3.05) is 0 Å². The molecule has 0 heterocycles. The van der Waals surface area contributed by atoms with Crippen molar-refractivity contribution in [3.8, 4) is 0 Å². The van der Waals surface area contributed by atoms with E-state index in [-0.39, 0.29) is 6.42 Å². The predicted molar refractivity (Wildman–Crippen MR) is 84.7 cm³/mol. The molecule has 19 heavy (non-hydrogen) atoms. The van der Waals surface area contributed by atoms with Crippen molar-refractivity contribution >= 4 is 5.97 Å². The Morgan fingerprint density at radius 3 is 1.00 bits per heavy atom. The third-order valence-corrected chi connectivity index (χ3v) is 3.26. The van der Waals surface area contributed by atoms with Crippen LogP contribution in [0.15, 0.2) is 0 Å². The van der Waals surface area contributed by atoms with Gasteiger partial charge >= 0.3 is 5.97 Å². The molecule has 0 saturated carbocycles. The van der Waals surface area contributed by atoms with Crippen molar-refractivity contribution in [3.63, 3.8) is 0 Å². The van der Waals surface area contributed by atoms with Gasteiger partial charge in [-0.25, -0.2) is 0 Å². The highest BCUT2D eigenvalue weighted by Gasteiger charge is 1.91. The molecule has 0 radical (unpaired) electrons. The Balaban J connectivity index is 0. The number of unbranched alkanes of at least 4 members (excludes halogenated alkanes) is 11. The van der Waals surface area contributed by atoms with Gasteiger partial charge in [0.05, 0.1) is 0 Å². The topological polar surface area (TPSA) is 37.3 Å². The van der Waals surface area contributed by atoms with E-state index in [1.807, 2.05) is 0 Å². The lowest BCUT2D eigenvalue weighted by Crippen LogP contribution is -1.86. The molecule has 0 fully saturated rings. The molecule has 0 aromatic rings. The van der Waals surface area contributed by atoms with Crippen molar-refractivity contribution in [1.82, 2.24) is 0 Å². The molecule has 0 spiro atoms. The maximum absolute atomic E-state index is 9.37. The van der Waals surface area contributed by atoms with E-state index in [1.165, 1.54) is 77.0 Å². The van der Waals surface area contributed by atoms with Gasteiger partial charge < -0.3 is 5.11 Å². The molecule has 0 bridgehead atoms. The van der Waals surface area contributed by atoms with Crippen LogP contribution >= 0.6 is 0 Å². The van der Waals surface area contributed by atoms with Crippen LogP contribution in [0.4, 0.5) is 0 Å². The summed E-state index contributed by atoms with van der Waals surface area (Å²) in [7, 11) is 0. The van der Waals surface area contributed by atoms with Gasteiger partial charge in [0, 0.05) is 6.42 Å². The maximum Gasteiger partial charge on any atom is 0.303 e. The lowest BCUT2D eigenvalue weighted by molar-refractivity contribution is -0.136. The van der Waals surface area contributed by atoms with Crippen LogP contribution in [0.1, 0.15) is 104 Å². The van der Waals surface area contributed by atoms with Gasteiger partial charge in [-0.1, -0.05) is 97.8 Å². The zero-order valence-corrected chi connectivity index (χ0v) is 13.5. The molecule has 0 aliphatic heterocycles. The van der Waals surface area contributed by atoms with E-state index in [0.717, 1.165) is 0 Å². The Morgan fingerprint density at radius 1 is 0.632 bits per heavy atom. The van der Waals surface area contributed by atoms with E-state index in [2.05, 4.69) is 13.8 Å². The van der Waals surface area contributed by atoms with Gasteiger partial charge in [0.1, 0.15) is 0 Å². The summed E-state index contributed by atoms with van der Waals surface area (Å²) in [6.07, 6.45) is 17.7. The molecule has 0 saturated heterocycles. The molecule has 1 N–H and O–H groups in total. The summed E-state index contributed by atoms with van der Waals surface area (Å²) >= 11 is 0. The van der Waals surface area contributed by atoms with Crippen LogP contribution in [-0.2, 0) is 4.79 Å². The number of carboxylic acid groups (broad SMARTS) is 1. The standard InChI is InChI=1S/C14H30.C3H6O2/c1-3-5-7-9-11-13-14-12-10-8-6-4-2;1-2-3(4)5/h3-14H2,1-2H3;2H2,1H3,(H,4,5). The molecule has 2 heteroatoms. The average Bonchev–Trinajstić information content (AvgIpc) is 2.41. The molecule has 2 nitrogen and oxygen atoms in total. The molecule has 0 aromatic heterocycles. The largest absolute Gasteiger partial charge is 0.481 e. The van der Waals surface area contributed by atoms with Crippen molar-refractivity contribution < 1.29 is 9.90 Å². The van der Waals surface area contributed by atoms with Gasteiger partial charge in [0.15, 0.2) is 0 Å². The minimum absolute atomic E-state index is 0.222. The number of carbonyl (C=O) groups is 1. The molecule has 0 aliphatic rings.